The summed E-state index contributed by atoms with van der Waals surface area (Å²) in [4.78, 5) is 24.6. The number of nitrogens with zero attached hydrogens (tertiary/aromatic N) is 2. The Hall–Kier alpha value is -3.10. The number of amides is 2. The van der Waals surface area contributed by atoms with E-state index in [0.717, 1.165) is 11.3 Å². The number of hydrogen-bond acceptors (Lipinski definition) is 4. The van der Waals surface area contributed by atoms with Crippen molar-refractivity contribution in [1.29, 1.82) is 0 Å². The highest BCUT2D eigenvalue weighted by Crippen LogP contribution is 2.26. The Bertz CT molecular complexity index is 1150. The van der Waals surface area contributed by atoms with Gasteiger partial charge in [0.1, 0.15) is 11.6 Å². The number of ether oxygens (including phenoxy) is 1. The van der Waals surface area contributed by atoms with E-state index >= 15 is 0 Å². The maximum atomic E-state index is 13.0. The van der Waals surface area contributed by atoms with Crippen molar-refractivity contribution in [3.8, 4) is 11.4 Å². The molecule has 0 aliphatic heterocycles. The molecule has 0 fully saturated rings. The number of benzene rings is 2. The van der Waals surface area contributed by atoms with Crippen molar-refractivity contribution in [3.63, 3.8) is 0 Å². The number of hydrazine groups is 1. The van der Waals surface area contributed by atoms with Gasteiger partial charge in [-0.3, -0.25) is 20.4 Å². The Morgan fingerprint density at radius 1 is 1.09 bits per heavy atom. The summed E-state index contributed by atoms with van der Waals surface area (Å²) in [6.07, 6.45) is -0.895. The first-order valence-corrected chi connectivity index (χ1v) is 10.4. The van der Waals surface area contributed by atoms with Gasteiger partial charge in [0.05, 0.1) is 27.8 Å². The van der Waals surface area contributed by atoms with Crippen molar-refractivity contribution in [2.24, 2.45) is 0 Å². The van der Waals surface area contributed by atoms with Crippen LogP contribution in [-0.2, 0) is 16.0 Å². The van der Waals surface area contributed by atoms with Crippen molar-refractivity contribution in [3.05, 3.63) is 75.3 Å². The largest absolute Gasteiger partial charge is 0.481 e. The van der Waals surface area contributed by atoms with E-state index in [-0.39, 0.29) is 6.42 Å². The molecule has 3 aromatic rings. The highest BCUT2D eigenvalue weighted by atomic mass is 35.5. The van der Waals surface area contributed by atoms with E-state index < -0.39 is 23.7 Å². The number of aryl methyl sites for hydroxylation is 1. The van der Waals surface area contributed by atoms with Gasteiger partial charge in [-0.25, -0.2) is 9.07 Å². The van der Waals surface area contributed by atoms with Gasteiger partial charge in [-0.05, 0) is 63.2 Å². The van der Waals surface area contributed by atoms with Crippen LogP contribution in [0.4, 0.5) is 4.39 Å². The number of carbonyl (C=O) groups excluding carboxylic acids is 2. The van der Waals surface area contributed by atoms with Crippen molar-refractivity contribution >= 4 is 35.0 Å². The van der Waals surface area contributed by atoms with Crippen LogP contribution in [0.25, 0.3) is 5.69 Å². The highest BCUT2D eigenvalue weighted by Gasteiger charge is 2.19. The van der Waals surface area contributed by atoms with Crippen LogP contribution in [0.1, 0.15) is 23.9 Å². The Morgan fingerprint density at radius 3 is 2.44 bits per heavy atom. The fourth-order valence-corrected chi connectivity index (χ4v) is 3.30. The molecule has 0 saturated heterocycles. The summed E-state index contributed by atoms with van der Waals surface area (Å²) in [6.45, 7) is 5.14. The summed E-state index contributed by atoms with van der Waals surface area (Å²) in [5.41, 5.74) is 7.57. The first-order valence-electron chi connectivity index (χ1n) is 9.67. The Morgan fingerprint density at radius 2 is 1.78 bits per heavy atom. The third kappa shape index (κ3) is 5.57. The molecular formula is C22H21Cl2FN4O3. The summed E-state index contributed by atoms with van der Waals surface area (Å²) >= 11 is 12.1. The van der Waals surface area contributed by atoms with E-state index in [1.54, 1.807) is 29.8 Å². The van der Waals surface area contributed by atoms with Crippen LogP contribution in [-0.4, -0.2) is 27.7 Å². The second-order valence-corrected chi connectivity index (χ2v) is 7.90. The topological polar surface area (TPSA) is 85.3 Å². The van der Waals surface area contributed by atoms with Gasteiger partial charge >= 0.3 is 0 Å². The first kappa shape index (κ1) is 23.6. The quantitative estimate of drug-likeness (QED) is 0.522. The van der Waals surface area contributed by atoms with E-state index in [1.165, 1.54) is 31.2 Å². The predicted octanol–water partition coefficient (Wildman–Crippen LogP) is 4.09. The molecule has 1 atom stereocenters. The summed E-state index contributed by atoms with van der Waals surface area (Å²) in [6, 6.07) is 10.4. The van der Waals surface area contributed by atoms with Crippen LogP contribution in [0.3, 0.4) is 0 Å². The number of hydrogen-bond donors (Lipinski definition) is 2. The van der Waals surface area contributed by atoms with Crippen LogP contribution in [0.5, 0.6) is 5.75 Å². The summed E-state index contributed by atoms with van der Waals surface area (Å²) in [5, 5.41) is 5.32. The molecule has 3 rings (SSSR count). The summed E-state index contributed by atoms with van der Waals surface area (Å²) < 4.78 is 20.1. The highest BCUT2D eigenvalue weighted by molar-refractivity contribution is 6.42. The van der Waals surface area contributed by atoms with Crippen molar-refractivity contribution < 1.29 is 18.7 Å². The van der Waals surface area contributed by atoms with Gasteiger partial charge in [0.15, 0.2) is 6.10 Å². The molecule has 1 heterocycles. The molecule has 0 bridgehead atoms. The fourth-order valence-electron chi connectivity index (χ4n) is 3.01. The van der Waals surface area contributed by atoms with Gasteiger partial charge in [-0.15, -0.1) is 0 Å². The second kappa shape index (κ2) is 10.0. The van der Waals surface area contributed by atoms with Crippen LogP contribution < -0.4 is 15.6 Å². The van der Waals surface area contributed by atoms with Crippen LogP contribution in [0, 0.1) is 19.7 Å². The minimum Gasteiger partial charge on any atom is -0.481 e. The standard InChI is InChI=1S/C22H21Cl2FN4O3/c1-12-18(13(2)29(28-12)16-6-9-19(23)20(24)10-16)11-21(30)26-27-22(31)14(3)32-17-7-4-15(25)5-8-17/h4-10,14H,11H2,1-3H3,(H,26,30)(H,27,31). The summed E-state index contributed by atoms with van der Waals surface area (Å²) in [7, 11) is 0. The van der Waals surface area contributed by atoms with E-state index in [4.69, 9.17) is 27.9 Å². The first-order chi connectivity index (χ1) is 15.2. The number of aromatic nitrogens is 2. The van der Waals surface area contributed by atoms with Gasteiger partial charge in [-0.2, -0.15) is 5.10 Å². The third-order valence-corrected chi connectivity index (χ3v) is 5.49. The molecule has 1 unspecified atom stereocenters. The number of rotatable bonds is 6. The zero-order valence-corrected chi connectivity index (χ0v) is 19.1. The van der Waals surface area contributed by atoms with Crippen LogP contribution >= 0.6 is 23.2 Å². The molecule has 0 aliphatic rings. The molecule has 0 radical (unpaired) electrons. The maximum absolute atomic E-state index is 13.0. The average molecular weight is 479 g/mol. The van der Waals surface area contributed by atoms with Crippen molar-refractivity contribution in [2.75, 3.05) is 0 Å². The average Bonchev–Trinajstić information content (AvgIpc) is 3.03. The van der Waals surface area contributed by atoms with Crippen LogP contribution in [0.15, 0.2) is 42.5 Å². The number of halogens is 3. The number of nitrogens with one attached hydrogen (secondary N) is 2. The molecule has 0 saturated carbocycles. The van der Waals surface area contributed by atoms with Gasteiger partial charge in [0.25, 0.3) is 5.91 Å². The van der Waals surface area contributed by atoms with E-state index in [2.05, 4.69) is 16.0 Å². The lowest BCUT2D eigenvalue weighted by atomic mass is 10.1. The van der Waals surface area contributed by atoms with E-state index in [9.17, 15) is 14.0 Å². The van der Waals surface area contributed by atoms with Crippen molar-refractivity contribution in [1.82, 2.24) is 20.6 Å². The zero-order chi connectivity index (χ0) is 23.4. The molecule has 2 amide bonds. The second-order valence-electron chi connectivity index (χ2n) is 7.09. The molecule has 10 heteroatoms. The SMILES string of the molecule is Cc1nn(-c2ccc(Cl)c(Cl)c2)c(C)c1CC(=O)NNC(=O)C(C)Oc1ccc(F)cc1. The lowest BCUT2D eigenvalue weighted by Crippen LogP contribution is -2.47. The maximum Gasteiger partial charge on any atom is 0.279 e. The molecule has 0 spiro atoms. The summed E-state index contributed by atoms with van der Waals surface area (Å²) in [5.74, 6) is -1.05. The Labute approximate surface area is 194 Å². The predicted molar refractivity (Wildman–Crippen MR) is 120 cm³/mol. The molecule has 168 valence electrons. The lowest BCUT2D eigenvalue weighted by Gasteiger charge is -2.15. The lowest BCUT2D eigenvalue weighted by molar-refractivity contribution is -0.132. The fraction of sp³-hybridized carbons (Fsp3) is 0.227. The monoisotopic (exact) mass is 478 g/mol. The van der Waals surface area contributed by atoms with Crippen molar-refractivity contribution in [2.45, 2.75) is 33.3 Å². The van der Waals surface area contributed by atoms with Gasteiger partial charge in [-0.1, -0.05) is 23.2 Å². The van der Waals surface area contributed by atoms with Gasteiger partial charge in [0, 0.05) is 11.3 Å². The molecule has 1 aromatic heterocycles. The normalized spacial score (nSPS) is 11.7. The molecule has 7 nitrogen and oxygen atoms in total. The molecular weight excluding hydrogens is 458 g/mol. The molecule has 0 aliphatic carbocycles. The smallest absolute Gasteiger partial charge is 0.279 e. The molecule has 32 heavy (non-hydrogen) atoms. The third-order valence-electron chi connectivity index (χ3n) is 4.75. The van der Waals surface area contributed by atoms with E-state index in [0.29, 0.717) is 27.2 Å². The zero-order valence-electron chi connectivity index (χ0n) is 17.6. The minimum atomic E-state index is -0.901. The van der Waals surface area contributed by atoms with Gasteiger partial charge in [0.2, 0.25) is 5.91 Å². The molecule has 2 aromatic carbocycles. The van der Waals surface area contributed by atoms with E-state index in [1.807, 2.05) is 6.92 Å². The Balaban J connectivity index is 1.60. The van der Waals surface area contributed by atoms with Crippen LogP contribution in [0.2, 0.25) is 10.0 Å². The minimum absolute atomic E-state index is 0.00642. The molecule has 2 N–H and O–H groups in total. The van der Waals surface area contributed by atoms with Gasteiger partial charge < -0.3 is 4.74 Å². The number of carbonyl (C=O) groups is 2. The Kier molecular flexibility index (Phi) is 7.37.